The van der Waals surface area contributed by atoms with Crippen LogP contribution in [0.1, 0.15) is 0 Å². The molecule has 0 aliphatic rings. The minimum atomic E-state index is 0.165. The van der Waals surface area contributed by atoms with Crippen molar-refractivity contribution in [1.29, 1.82) is 0 Å². The summed E-state index contributed by atoms with van der Waals surface area (Å²) < 4.78 is 0. The number of phenolic OH excluding ortho intramolecular Hbond substituents is 4. The molecule has 4 nitrogen and oxygen atoms in total. The molecule has 6 aromatic carbocycles. The van der Waals surface area contributed by atoms with Crippen LogP contribution in [0, 0.1) is 0 Å². The van der Waals surface area contributed by atoms with Crippen LogP contribution in [0.4, 0.5) is 0 Å². The molecule has 0 saturated heterocycles. The Morgan fingerprint density at radius 2 is 0.844 bits per heavy atom. The molecule has 0 saturated carbocycles. The van der Waals surface area contributed by atoms with E-state index in [1.54, 1.807) is 36.4 Å². The molecule has 0 fully saturated rings. The Kier molecular flexibility index (Phi) is 4.68. The van der Waals surface area contributed by atoms with E-state index in [1.165, 1.54) is 0 Å². The topological polar surface area (TPSA) is 80.9 Å². The molecule has 156 valence electrons. The Balaban J connectivity index is 0.000000135. The van der Waals surface area contributed by atoms with Gasteiger partial charge in [0.05, 0.1) is 0 Å². The lowest BCUT2D eigenvalue weighted by atomic mass is 10.0. The van der Waals surface area contributed by atoms with Gasteiger partial charge in [-0.3, -0.25) is 0 Å². The van der Waals surface area contributed by atoms with Gasteiger partial charge in [-0.2, -0.15) is 0 Å². The van der Waals surface area contributed by atoms with Crippen molar-refractivity contribution < 1.29 is 20.4 Å². The molecular weight excluding hydrogens is 400 g/mol. The molecule has 0 radical (unpaired) electrons. The Morgan fingerprint density at radius 3 is 1.62 bits per heavy atom. The molecule has 0 aliphatic carbocycles. The fraction of sp³-hybridized carbons (Fsp3) is 0. The van der Waals surface area contributed by atoms with Gasteiger partial charge in [-0.25, -0.2) is 0 Å². The predicted octanol–water partition coefficient (Wildman–Crippen LogP) is 6.81. The summed E-state index contributed by atoms with van der Waals surface area (Å²) in [5.74, 6) is 0.818. The Hall–Kier alpha value is -4.44. The second-order valence-corrected chi connectivity index (χ2v) is 7.69. The van der Waals surface area contributed by atoms with Gasteiger partial charge in [0.15, 0.2) is 0 Å². The van der Waals surface area contributed by atoms with E-state index in [-0.39, 0.29) is 23.0 Å². The van der Waals surface area contributed by atoms with Gasteiger partial charge in [0.1, 0.15) is 23.0 Å². The fourth-order valence-corrected chi connectivity index (χ4v) is 4.15. The first-order valence-corrected chi connectivity index (χ1v) is 10.2. The second kappa shape index (κ2) is 7.67. The third kappa shape index (κ3) is 3.38. The maximum Gasteiger partial charge on any atom is 0.124 e. The molecular formula is C28H20O4. The zero-order valence-electron chi connectivity index (χ0n) is 17.0. The van der Waals surface area contributed by atoms with E-state index in [1.807, 2.05) is 60.7 Å². The maximum absolute atomic E-state index is 9.88. The molecule has 0 heterocycles. The van der Waals surface area contributed by atoms with E-state index in [2.05, 4.69) is 0 Å². The molecule has 4 heteroatoms. The monoisotopic (exact) mass is 420 g/mol. The number of benzene rings is 6. The quantitative estimate of drug-likeness (QED) is 0.204. The number of phenols is 4. The molecule has 6 rings (SSSR count). The van der Waals surface area contributed by atoms with Gasteiger partial charge in [0.25, 0.3) is 0 Å². The first-order chi connectivity index (χ1) is 15.5. The third-order valence-corrected chi connectivity index (χ3v) is 5.64. The highest BCUT2D eigenvalue weighted by Crippen LogP contribution is 2.35. The summed E-state index contributed by atoms with van der Waals surface area (Å²) in [5.41, 5.74) is 0. The molecule has 0 aliphatic heterocycles. The number of aromatic hydroxyl groups is 4. The summed E-state index contributed by atoms with van der Waals surface area (Å²) in [4.78, 5) is 0. The van der Waals surface area contributed by atoms with Crippen molar-refractivity contribution in [3.8, 4) is 23.0 Å². The van der Waals surface area contributed by atoms with E-state index in [4.69, 9.17) is 0 Å². The Morgan fingerprint density at radius 1 is 0.344 bits per heavy atom. The van der Waals surface area contributed by atoms with Crippen molar-refractivity contribution >= 4 is 43.1 Å². The highest BCUT2D eigenvalue weighted by Gasteiger charge is 2.06. The molecule has 0 amide bonds. The van der Waals surface area contributed by atoms with Gasteiger partial charge in [-0.05, 0) is 74.8 Å². The SMILES string of the molecule is Oc1ccc2c(c1)c(O)cc1ccccc12.Oc1ccc2c(c1)cc(O)c1ccccc12. The standard InChI is InChI=1S/2C14H10O2/c15-10-5-6-11-9(7-10)8-14(16)13-4-2-1-3-12(11)13;15-10-5-6-12-11-4-2-1-3-9(11)7-14(16)13(12)8-10/h2*1-8,15-16H. The first-order valence-electron chi connectivity index (χ1n) is 10.2. The van der Waals surface area contributed by atoms with Crippen LogP contribution >= 0.6 is 0 Å². The van der Waals surface area contributed by atoms with Gasteiger partial charge in [0, 0.05) is 10.8 Å². The van der Waals surface area contributed by atoms with E-state index < -0.39 is 0 Å². The average molecular weight is 420 g/mol. The van der Waals surface area contributed by atoms with Gasteiger partial charge in [0.2, 0.25) is 0 Å². The first kappa shape index (κ1) is 19.5. The summed E-state index contributed by atoms with van der Waals surface area (Å²) in [6.07, 6.45) is 0. The van der Waals surface area contributed by atoms with Crippen LogP contribution < -0.4 is 0 Å². The molecule has 0 unspecified atom stereocenters. The Bertz CT molecular complexity index is 1620. The summed E-state index contributed by atoms with van der Waals surface area (Å²) in [5, 5.41) is 46.0. The number of rotatable bonds is 0. The maximum atomic E-state index is 9.88. The highest BCUT2D eigenvalue weighted by atomic mass is 16.3. The van der Waals surface area contributed by atoms with Crippen molar-refractivity contribution in [3.05, 3.63) is 97.1 Å². The molecule has 0 atom stereocenters. The van der Waals surface area contributed by atoms with Gasteiger partial charge in [-0.15, -0.1) is 0 Å². The zero-order chi connectivity index (χ0) is 22.2. The van der Waals surface area contributed by atoms with Crippen LogP contribution in [0.2, 0.25) is 0 Å². The number of hydrogen-bond donors (Lipinski definition) is 4. The highest BCUT2D eigenvalue weighted by molar-refractivity contribution is 6.11. The second-order valence-electron chi connectivity index (χ2n) is 7.69. The van der Waals surface area contributed by atoms with Gasteiger partial charge in [-0.1, -0.05) is 54.6 Å². The summed E-state index contributed by atoms with van der Waals surface area (Å²) in [6.45, 7) is 0. The molecule has 0 bridgehead atoms. The van der Waals surface area contributed by atoms with Crippen molar-refractivity contribution in [3.63, 3.8) is 0 Å². The van der Waals surface area contributed by atoms with Crippen molar-refractivity contribution in [1.82, 2.24) is 0 Å². The van der Waals surface area contributed by atoms with Crippen LogP contribution in [0.25, 0.3) is 43.1 Å². The molecule has 32 heavy (non-hydrogen) atoms. The Labute approximate surface area is 183 Å². The van der Waals surface area contributed by atoms with Crippen LogP contribution in [-0.2, 0) is 0 Å². The minimum absolute atomic E-state index is 0.165. The van der Waals surface area contributed by atoms with Crippen LogP contribution in [0.5, 0.6) is 23.0 Å². The van der Waals surface area contributed by atoms with Crippen molar-refractivity contribution in [2.24, 2.45) is 0 Å². The predicted molar refractivity (Wildman–Crippen MR) is 130 cm³/mol. The zero-order valence-corrected chi connectivity index (χ0v) is 17.0. The number of fused-ring (bicyclic) bond motifs is 6. The van der Waals surface area contributed by atoms with E-state index in [0.29, 0.717) is 5.39 Å². The van der Waals surface area contributed by atoms with Gasteiger partial charge >= 0.3 is 0 Å². The van der Waals surface area contributed by atoms with E-state index >= 15 is 0 Å². The van der Waals surface area contributed by atoms with E-state index in [9.17, 15) is 20.4 Å². The summed E-state index contributed by atoms with van der Waals surface area (Å²) in [7, 11) is 0. The van der Waals surface area contributed by atoms with Crippen LogP contribution in [0.3, 0.4) is 0 Å². The number of hydrogen-bond acceptors (Lipinski definition) is 4. The lowest BCUT2D eigenvalue weighted by Crippen LogP contribution is -1.78. The van der Waals surface area contributed by atoms with Crippen LogP contribution in [-0.4, -0.2) is 20.4 Å². The van der Waals surface area contributed by atoms with E-state index in [0.717, 1.165) is 37.7 Å². The molecule has 0 aromatic heterocycles. The molecule has 0 spiro atoms. The average Bonchev–Trinajstić information content (AvgIpc) is 2.80. The largest absolute Gasteiger partial charge is 0.508 e. The lowest BCUT2D eigenvalue weighted by Gasteiger charge is -2.06. The third-order valence-electron chi connectivity index (χ3n) is 5.64. The molecule has 6 aromatic rings. The summed E-state index contributed by atoms with van der Waals surface area (Å²) >= 11 is 0. The molecule has 4 N–H and O–H groups in total. The van der Waals surface area contributed by atoms with Gasteiger partial charge < -0.3 is 20.4 Å². The fourth-order valence-electron chi connectivity index (χ4n) is 4.15. The minimum Gasteiger partial charge on any atom is -0.508 e. The lowest BCUT2D eigenvalue weighted by molar-refractivity contribution is 0.472. The van der Waals surface area contributed by atoms with Crippen LogP contribution in [0.15, 0.2) is 97.1 Å². The normalized spacial score (nSPS) is 11.0. The smallest absolute Gasteiger partial charge is 0.124 e. The van der Waals surface area contributed by atoms with Crippen molar-refractivity contribution in [2.75, 3.05) is 0 Å². The van der Waals surface area contributed by atoms with Crippen molar-refractivity contribution in [2.45, 2.75) is 0 Å². The summed E-state index contributed by atoms with van der Waals surface area (Å²) in [6, 6.07) is 29.2.